The van der Waals surface area contributed by atoms with Crippen molar-refractivity contribution in [3.05, 3.63) is 59.9 Å². The summed E-state index contributed by atoms with van der Waals surface area (Å²) < 4.78 is 5.59. The fraction of sp³-hybridized carbons (Fsp3) is 0.364. The highest BCUT2D eigenvalue weighted by molar-refractivity contribution is 6.08. The van der Waals surface area contributed by atoms with E-state index in [2.05, 4.69) is 10.3 Å². The number of nitrogens with zero attached hydrogens (tertiary/aromatic N) is 2. The Morgan fingerprint density at radius 2 is 1.87 bits per heavy atom. The smallest absolute Gasteiger partial charge is 0.321 e. The van der Waals surface area contributed by atoms with Crippen molar-refractivity contribution in [3.8, 4) is 5.75 Å². The summed E-state index contributed by atoms with van der Waals surface area (Å²) in [7, 11) is 0. The average molecular weight is 409 g/mol. The van der Waals surface area contributed by atoms with Gasteiger partial charge in [-0.1, -0.05) is 25.1 Å². The van der Waals surface area contributed by atoms with Gasteiger partial charge in [0.05, 0.1) is 30.7 Å². The molecule has 0 spiro atoms. The first kappa shape index (κ1) is 20.0. The second kappa shape index (κ2) is 8.23. The standard InChI is InChI=1S/C22H23N3O5/c1-2-11-30-15-8-6-13(7-9-15)18-16-17(19(24-18)22(28)29)21(27)25(20(16)26)12-14-5-3-4-10-23-14/h3-10,16-19,24H,2,11-12H2,1H3,(H,28,29). The van der Waals surface area contributed by atoms with E-state index in [9.17, 15) is 19.5 Å². The number of carboxylic acids is 1. The molecule has 4 unspecified atom stereocenters. The molecular formula is C22H23N3O5. The number of fused-ring (bicyclic) bond motifs is 1. The Morgan fingerprint density at radius 3 is 2.50 bits per heavy atom. The van der Waals surface area contributed by atoms with Crippen LogP contribution in [0.2, 0.25) is 0 Å². The molecule has 0 bridgehead atoms. The molecule has 2 fully saturated rings. The summed E-state index contributed by atoms with van der Waals surface area (Å²) in [5.41, 5.74) is 1.33. The molecular weight excluding hydrogens is 386 g/mol. The average Bonchev–Trinajstić information content (AvgIpc) is 3.26. The van der Waals surface area contributed by atoms with Crippen LogP contribution in [0.25, 0.3) is 0 Å². The van der Waals surface area contributed by atoms with Crippen LogP contribution in [0.15, 0.2) is 48.7 Å². The second-order valence-corrected chi connectivity index (χ2v) is 7.51. The van der Waals surface area contributed by atoms with Crippen molar-refractivity contribution in [2.45, 2.75) is 32.0 Å². The molecule has 0 aliphatic carbocycles. The van der Waals surface area contributed by atoms with Gasteiger partial charge in [0.15, 0.2) is 0 Å². The summed E-state index contributed by atoms with van der Waals surface area (Å²) in [5.74, 6) is -3.00. The Labute approximate surface area is 173 Å². The number of likely N-dealkylation sites (tertiary alicyclic amines) is 1. The van der Waals surface area contributed by atoms with E-state index in [1.54, 1.807) is 36.5 Å². The van der Waals surface area contributed by atoms with Crippen LogP contribution in [-0.2, 0) is 20.9 Å². The van der Waals surface area contributed by atoms with Crippen LogP contribution in [-0.4, -0.2) is 45.4 Å². The quantitative estimate of drug-likeness (QED) is 0.671. The number of imide groups is 1. The zero-order valence-electron chi connectivity index (χ0n) is 16.5. The molecule has 2 amide bonds. The van der Waals surface area contributed by atoms with Crippen molar-refractivity contribution in [3.63, 3.8) is 0 Å². The number of carbonyl (C=O) groups excluding carboxylic acids is 2. The lowest BCUT2D eigenvalue weighted by atomic mass is 9.86. The number of ether oxygens (including phenoxy) is 1. The minimum atomic E-state index is -1.14. The van der Waals surface area contributed by atoms with Gasteiger partial charge in [-0.25, -0.2) is 0 Å². The molecule has 156 valence electrons. The van der Waals surface area contributed by atoms with Crippen LogP contribution in [0.3, 0.4) is 0 Å². The first-order valence-electron chi connectivity index (χ1n) is 9.98. The molecule has 8 heteroatoms. The Kier molecular flexibility index (Phi) is 5.50. The summed E-state index contributed by atoms with van der Waals surface area (Å²) in [6.07, 6.45) is 2.48. The topological polar surface area (TPSA) is 109 Å². The molecule has 4 rings (SSSR count). The second-order valence-electron chi connectivity index (χ2n) is 7.51. The minimum Gasteiger partial charge on any atom is -0.494 e. The summed E-state index contributed by atoms with van der Waals surface area (Å²) in [4.78, 5) is 43.4. The van der Waals surface area contributed by atoms with E-state index in [0.717, 1.165) is 16.9 Å². The number of carboxylic acid groups (broad SMARTS) is 1. The first-order valence-corrected chi connectivity index (χ1v) is 9.98. The summed E-state index contributed by atoms with van der Waals surface area (Å²) >= 11 is 0. The summed E-state index contributed by atoms with van der Waals surface area (Å²) in [6.45, 7) is 2.65. The van der Waals surface area contributed by atoms with Gasteiger partial charge in [-0.2, -0.15) is 0 Å². The lowest BCUT2D eigenvalue weighted by Gasteiger charge is -2.21. The Balaban J connectivity index is 1.61. The third-order valence-electron chi connectivity index (χ3n) is 5.59. The van der Waals surface area contributed by atoms with E-state index in [-0.39, 0.29) is 12.5 Å². The molecule has 1 aromatic carbocycles. The van der Waals surface area contributed by atoms with Gasteiger partial charge in [-0.15, -0.1) is 0 Å². The molecule has 2 aliphatic rings. The molecule has 8 nitrogen and oxygen atoms in total. The van der Waals surface area contributed by atoms with Gasteiger partial charge in [0.2, 0.25) is 11.8 Å². The first-order chi connectivity index (χ1) is 14.5. The van der Waals surface area contributed by atoms with Crippen LogP contribution in [0.4, 0.5) is 0 Å². The van der Waals surface area contributed by atoms with Gasteiger partial charge in [0.1, 0.15) is 11.8 Å². The van der Waals surface area contributed by atoms with Gasteiger partial charge >= 0.3 is 5.97 Å². The number of amides is 2. The predicted octanol–water partition coefficient (Wildman–Crippen LogP) is 1.77. The van der Waals surface area contributed by atoms with E-state index < -0.39 is 35.8 Å². The number of aliphatic carboxylic acids is 1. The zero-order chi connectivity index (χ0) is 21.3. The zero-order valence-corrected chi connectivity index (χ0v) is 16.5. The largest absolute Gasteiger partial charge is 0.494 e. The van der Waals surface area contributed by atoms with Crippen LogP contribution < -0.4 is 10.1 Å². The maximum absolute atomic E-state index is 13.2. The maximum Gasteiger partial charge on any atom is 0.321 e. The van der Waals surface area contributed by atoms with E-state index in [1.807, 2.05) is 19.1 Å². The molecule has 4 atom stereocenters. The van der Waals surface area contributed by atoms with Crippen molar-refractivity contribution >= 4 is 17.8 Å². The van der Waals surface area contributed by atoms with Crippen LogP contribution in [0.5, 0.6) is 5.75 Å². The molecule has 2 N–H and O–H groups in total. The molecule has 2 aliphatic heterocycles. The third-order valence-corrected chi connectivity index (χ3v) is 5.59. The number of benzene rings is 1. The van der Waals surface area contributed by atoms with Crippen molar-refractivity contribution < 1.29 is 24.2 Å². The number of hydrogen-bond donors (Lipinski definition) is 2. The molecule has 1 aromatic heterocycles. The van der Waals surface area contributed by atoms with Gasteiger partial charge in [-0.3, -0.25) is 29.6 Å². The Hall–Kier alpha value is -3.26. The molecule has 3 heterocycles. The van der Waals surface area contributed by atoms with Crippen molar-refractivity contribution in [1.82, 2.24) is 15.2 Å². The lowest BCUT2D eigenvalue weighted by molar-refractivity contribution is -0.146. The maximum atomic E-state index is 13.2. The summed E-state index contributed by atoms with van der Waals surface area (Å²) in [6, 6.07) is 10.8. The van der Waals surface area contributed by atoms with Crippen molar-refractivity contribution in [1.29, 1.82) is 0 Å². The fourth-order valence-electron chi connectivity index (χ4n) is 4.21. The Bertz CT molecular complexity index is 947. The molecule has 2 saturated heterocycles. The fourth-order valence-corrected chi connectivity index (χ4v) is 4.21. The highest BCUT2D eigenvalue weighted by Crippen LogP contribution is 2.44. The van der Waals surface area contributed by atoms with E-state index in [0.29, 0.717) is 18.1 Å². The number of carbonyl (C=O) groups is 3. The van der Waals surface area contributed by atoms with Crippen LogP contribution >= 0.6 is 0 Å². The van der Waals surface area contributed by atoms with E-state index in [4.69, 9.17) is 4.74 Å². The van der Waals surface area contributed by atoms with Crippen LogP contribution in [0.1, 0.15) is 30.6 Å². The SMILES string of the molecule is CCCOc1ccc(C2NC(C(=O)O)C3C(=O)N(Cc4ccccn4)C(=O)C23)cc1. The number of nitrogens with one attached hydrogen (secondary N) is 1. The normalized spacial score (nSPS) is 25.4. The minimum absolute atomic E-state index is 0.0361. The van der Waals surface area contributed by atoms with Crippen LogP contribution in [0, 0.1) is 11.8 Å². The molecule has 30 heavy (non-hydrogen) atoms. The van der Waals surface area contributed by atoms with Crippen molar-refractivity contribution in [2.75, 3.05) is 6.61 Å². The number of rotatable bonds is 7. The third kappa shape index (κ3) is 3.54. The molecule has 2 aromatic rings. The van der Waals surface area contributed by atoms with E-state index in [1.165, 1.54) is 0 Å². The van der Waals surface area contributed by atoms with Crippen molar-refractivity contribution in [2.24, 2.45) is 11.8 Å². The number of aromatic nitrogens is 1. The number of hydrogen-bond acceptors (Lipinski definition) is 6. The predicted molar refractivity (Wildman–Crippen MR) is 106 cm³/mol. The summed E-state index contributed by atoms with van der Waals surface area (Å²) in [5, 5.41) is 12.7. The van der Waals surface area contributed by atoms with Gasteiger partial charge in [-0.05, 0) is 36.2 Å². The molecule has 0 radical (unpaired) electrons. The van der Waals surface area contributed by atoms with Gasteiger partial charge in [0.25, 0.3) is 0 Å². The number of pyridine rings is 1. The van der Waals surface area contributed by atoms with E-state index >= 15 is 0 Å². The Morgan fingerprint density at radius 1 is 1.13 bits per heavy atom. The molecule has 0 saturated carbocycles. The highest BCUT2D eigenvalue weighted by atomic mass is 16.5. The van der Waals surface area contributed by atoms with Gasteiger partial charge < -0.3 is 9.84 Å². The highest BCUT2D eigenvalue weighted by Gasteiger charge is 2.60. The lowest BCUT2D eigenvalue weighted by Crippen LogP contribution is -2.42. The monoisotopic (exact) mass is 409 g/mol. The van der Waals surface area contributed by atoms with Gasteiger partial charge in [0, 0.05) is 12.2 Å².